The first-order valence-corrected chi connectivity index (χ1v) is 7.12. The Labute approximate surface area is 120 Å². The summed E-state index contributed by atoms with van der Waals surface area (Å²) in [6, 6.07) is 6.41. The van der Waals surface area contributed by atoms with Gasteiger partial charge in [0.25, 0.3) is 0 Å². The van der Waals surface area contributed by atoms with Crippen LogP contribution in [0.3, 0.4) is 0 Å². The van der Waals surface area contributed by atoms with E-state index in [0.29, 0.717) is 6.04 Å². The van der Waals surface area contributed by atoms with Crippen LogP contribution in [0.5, 0.6) is 0 Å². The number of rotatable bonds is 3. The molecule has 1 fully saturated rings. The van der Waals surface area contributed by atoms with E-state index in [1.807, 2.05) is 26.2 Å². The summed E-state index contributed by atoms with van der Waals surface area (Å²) >= 11 is 6.11. The largest absolute Gasteiger partial charge is 0.380 e. The van der Waals surface area contributed by atoms with Gasteiger partial charge in [0.1, 0.15) is 0 Å². The topological polar surface area (TPSA) is 24.5 Å². The first-order valence-electron chi connectivity index (χ1n) is 6.75. The molecule has 3 nitrogen and oxygen atoms in total. The van der Waals surface area contributed by atoms with Crippen molar-refractivity contribution in [1.29, 1.82) is 0 Å². The molecule has 1 N–H and O–H groups in total. The van der Waals surface area contributed by atoms with Crippen LogP contribution in [-0.4, -0.2) is 32.3 Å². The predicted molar refractivity (Wildman–Crippen MR) is 82.5 cm³/mol. The van der Waals surface area contributed by atoms with Crippen LogP contribution in [0.25, 0.3) is 0 Å². The van der Waals surface area contributed by atoms with Crippen molar-refractivity contribution in [1.82, 2.24) is 0 Å². The predicted octanol–water partition coefficient (Wildman–Crippen LogP) is 3.78. The van der Waals surface area contributed by atoms with Crippen LogP contribution in [0, 0.1) is 0 Å². The number of benzene rings is 1. The van der Waals surface area contributed by atoms with Gasteiger partial charge in [-0.15, -0.1) is 0 Å². The summed E-state index contributed by atoms with van der Waals surface area (Å²) < 4.78 is 5.76. The lowest BCUT2D eigenvalue weighted by atomic mass is 9.93. The Kier molecular flexibility index (Phi) is 4.26. The third-order valence-electron chi connectivity index (χ3n) is 3.50. The molecule has 1 aromatic carbocycles. The van der Waals surface area contributed by atoms with Gasteiger partial charge in [-0.1, -0.05) is 11.6 Å². The Morgan fingerprint density at radius 1 is 1.37 bits per heavy atom. The van der Waals surface area contributed by atoms with Crippen LogP contribution in [0.15, 0.2) is 18.2 Å². The molecule has 2 rings (SSSR count). The van der Waals surface area contributed by atoms with Crippen molar-refractivity contribution < 1.29 is 4.74 Å². The van der Waals surface area contributed by atoms with E-state index in [1.165, 1.54) is 0 Å². The molecular formula is C15H23ClN2O. The van der Waals surface area contributed by atoms with Gasteiger partial charge in [-0.3, -0.25) is 0 Å². The van der Waals surface area contributed by atoms with Crippen LogP contribution in [0.2, 0.25) is 5.02 Å². The van der Waals surface area contributed by atoms with E-state index in [0.717, 1.165) is 35.8 Å². The molecule has 0 aliphatic carbocycles. The zero-order valence-electron chi connectivity index (χ0n) is 12.2. The molecule has 1 aromatic rings. The molecule has 4 heteroatoms. The summed E-state index contributed by atoms with van der Waals surface area (Å²) in [5.74, 6) is 0. The summed E-state index contributed by atoms with van der Waals surface area (Å²) in [5, 5.41) is 4.38. The fourth-order valence-corrected chi connectivity index (χ4v) is 2.76. The number of halogens is 1. The SMILES string of the molecule is CN(C)c1ccc(Cl)cc1NC1CCOC(C)(C)C1. The molecule has 0 saturated carbocycles. The van der Waals surface area contributed by atoms with Crippen molar-refractivity contribution >= 4 is 23.0 Å². The van der Waals surface area contributed by atoms with Crippen LogP contribution in [-0.2, 0) is 4.74 Å². The van der Waals surface area contributed by atoms with Gasteiger partial charge in [0, 0.05) is 31.8 Å². The lowest BCUT2D eigenvalue weighted by molar-refractivity contribution is -0.0553. The van der Waals surface area contributed by atoms with Crippen molar-refractivity contribution in [2.45, 2.75) is 38.3 Å². The molecule has 0 radical (unpaired) electrons. The summed E-state index contributed by atoms with van der Waals surface area (Å²) in [6.07, 6.45) is 2.04. The van der Waals surface area contributed by atoms with Crippen LogP contribution in [0.1, 0.15) is 26.7 Å². The first-order chi connectivity index (χ1) is 8.87. The van der Waals surface area contributed by atoms with E-state index in [-0.39, 0.29) is 5.60 Å². The minimum absolute atomic E-state index is 0.0488. The Morgan fingerprint density at radius 2 is 2.11 bits per heavy atom. The second-order valence-corrected chi connectivity index (χ2v) is 6.43. The van der Waals surface area contributed by atoms with Crippen LogP contribution < -0.4 is 10.2 Å². The average Bonchev–Trinajstić information content (AvgIpc) is 2.27. The van der Waals surface area contributed by atoms with E-state index < -0.39 is 0 Å². The smallest absolute Gasteiger partial charge is 0.0646 e. The standard InChI is InChI=1S/C15H23ClN2O/c1-15(2)10-12(7-8-19-15)17-13-9-11(16)5-6-14(13)18(3)4/h5-6,9,12,17H,7-8,10H2,1-4H3. The van der Waals surface area contributed by atoms with Gasteiger partial charge in [-0.25, -0.2) is 0 Å². The maximum Gasteiger partial charge on any atom is 0.0646 e. The molecule has 1 aliphatic heterocycles. The van der Waals surface area contributed by atoms with Gasteiger partial charge >= 0.3 is 0 Å². The van der Waals surface area contributed by atoms with Crippen molar-refractivity contribution in [2.75, 3.05) is 30.9 Å². The van der Waals surface area contributed by atoms with Gasteiger partial charge < -0.3 is 15.0 Å². The van der Waals surface area contributed by atoms with E-state index in [2.05, 4.69) is 30.1 Å². The fraction of sp³-hybridized carbons (Fsp3) is 0.600. The molecule has 106 valence electrons. The lowest BCUT2D eigenvalue weighted by Gasteiger charge is -2.36. The molecular weight excluding hydrogens is 260 g/mol. The number of anilines is 2. The van der Waals surface area contributed by atoms with Gasteiger partial charge in [-0.05, 0) is 44.9 Å². The molecule has 1 unspecified atom stereocenters. The Hall–Kier alpha value is -0.930. The highest BCUT2D eigenvalue weighted by atomic mass is 35.5. The first kappa shape index (κ1) is 14.5. The van der Waals surface area contributed by atoms with E-state index >= 15 is 0 Å². The summed E-state index contributed by atoms with van der Waals surface area (Å²) in [5.41, 5.74) is 2.21. The van der Waals surface area contributed by atoms with Crippen molar-refractivity contribution in [2.24, 2.45) is 0 Å². The maximum absolute atomic E-state index is 6.11. The molecule has 1 aliphatic rings. The lowest BCUT2D eigenvalue weighted by Crippen LogP contribution is -2.40. The summed E-state index contributed by atoms with van der Waals surface area (Å²) in [4.78, 5) is 2.10. The van der Waals surface area contributed by atoms with Gasteiger partial charge in [0.2, 0.25) is 0 Å². The number of hydrogen-bond donors (Lipinski definition) is 1. The second kappa shape index (κ2) is 5.59. The van der Waals surface area contributed by atoms with Gasteiger partial charge in [0.05, 0.1) is 17.0 Å². The minimum Gasteiger partial charge on any atom is -0.380 e. The van der Waals surface area contributed by atoms with Crippen molar-refractivity contribution in [3.8, 4) is 0 Å². The van der Waals surface area contributed by atoms with E-state index in [9.17, 15) is 0 Å². The maximum atomic E-state index is 6.11. The normalized spacial score (nSPS) is 22.1. The molecule has 0 spiro atoms. The molecule has 0 aromatic heterocycles. The van der Waals surface area contributed by atoms with Gasteiger partial charge in [0.15, 0.2) is 0 Å². The highest BCUT2D eigenvalue weighted by molar-refractivity contribution is 6.31. The zero-order valence-corrected chi connectivity index (χ0v) is 12.9. The number of nitrogens with one attached hydrogen (secondary N) is 1. The molecule has 0 amide bonds. The van der Waals surface area contributed by atoms with E-state index in [4.69, 9.17) is 16.3 Å². The monoisotopic (exact) mass is 282 g/mol. The van der Waals surface area contributed by atoms with Crippen molar-refractivity contribution in [3.05, 3.63) is 23.2 Å². The quantitative estimate of drug-likeness (QED) is 0.913. The van der Waals surface area contributed by atoms with Crippen molar-refractivity contribution in [3.63, 3.8) is 0 Å². The number of hydrogen-bond acceptors (Lipinski definition) is 3. The number of nitrogens with zero attached hydrogens (tertiary/aromatic N) is 1. The average molecular weight is 283 g/mol. The third-order valence-corrected chi connectivity index (χ3v) is 3.73. The van der Waals surface area contributed by atoms with E-state index in [1.54, 1.807) is 0 Å². The highest BCUT2D eigenvalue weighted by Gasteiger charge is 2.29. The molecule has 1 saturated heterocycles. The summed E-state index contributed by atoms with van der Waals surface area (Å²) in [6.45, 7) is 5.10. The van der Waals surface area contributed by atoms with Crippen LogP contribution >= 0.6 is 11.6 Å². The zero-order chi connectivity index (χ0) is 14.0. The second-order valence-electron chi connectivity index (χ2n) is 6.00. The Balaban J connectivity index is 2.16. The summed E-state index contributed by atoms with van der Waals surface area (Å²) in [7, 11) is 4.09. The highest BCUT2D eigenvalue weighted by Crippen LogP contribution is 2.32. The van der Waals surface area contributed by atoms with Crippen LogP contribution in [0.4, 0.5) is 11.4 Å². The fourth-order valence-electron chi connectivity index (χ4n) is 2.59. The Morgan fingerprint density at radius 3 is 2.74 bits per heavy atom. The molecule has 1 heterocycles. The molecule has 19 heavy (non-hydrogen) atoms. The van der Waals surface area contributed by atoms with Gasteiger partial charge in [-0.2, -0.15) is 0 Å². The Bertz CT molecular complexity index is 446. The molecule has 0 bridgehead atoms. The molecule has 1 atom stereocenters. The minimum atomic E-state index is -0.0488. The third kappa shape index (κ3) is 3.77. The number of ether oxygens (including phenoxy) is 1.